The first-order chi connectivity index (χ1) is 6.79. The number of fused-ring (bicyclic) bond motifs is 1. The van der Waals surface area contributed by atoms with Gasteiger partial charge in [0.25, 0.3) is 0 Å². The lowest BCUT2D eigenvalue weighted by atomic mass is 10.3. The molecule has 2 heterocycles. The van der Waals surface area contributed by atoms with Gasteiger partial charge >= 0.3 is 0 Å². The standard InChI is InChI=1S/C9H12N4S/c1-6(4-10)12-8-3-2-7-9(13-8)11-5-14-7/h2-3,5-6H,4,10H2,1H3,(H,12,13). The second kappa shape index (κ2) is 3.89. The van der Waals surface area contributed by atoms with Gasteiger partial charge in [0, 0.05) is 12.6 Å². The van der Waals surface area contributed by atoms with Gasteiger partial charge < -0.3 is 11.1 Å². The number of nitrogens with two attached hydrogens (primary N) is 1. The number of rotatable bonds is 3. The van der Waals surface area contributed by atoms with Gasteiger partial charge in [-0.25, -0.2) is 9.97 Å². The summed E-state index contributed by atoms with van der Waals surface area (Å²) in [5, 5.41) is 3.20. The number of pyridine rings is 1. The maximum Gasteiger partial charge on any atom is 0.172 e. The normalized spacial score (nSPS) is 13.0. The van der Waals surface area contributed by atoms with Crippen molar-refractivity contribution < 1.29 is 0 Å². The Labute approximate surface area is 86.2 Å². The zero-order chi connectivity index (χ0) is 9.97. The molecule has 2 aromatic heterocycles. The summed E-state index contributed by atoms with van der Waals surface area (Å²) >= 11 is 1.59. The van der Waals surface area contributed by atoms with Crippen molar-refractivity contribution in [3.8, 4) is 0 Å². The Kier molecular flexibility index (Phi) is 2.60. The van der Waals surface area contributed by atoms with Crippen LogP contribution in [0.15, 0.2) is 17.6 Å². The highest BCUT2D eigenvalue weighted by Gasteiger charge is 2.02. The highest BCUT2D eigenvalue weighted by atomic mass is 32.1. The number of hydrogen-bond donors (Lipinski definition) is 2. The topological polar surface area (TPSA) is 63.8 Å². The minimum Gasteiger partial charge on any atom is -0.366 e. The van der Waals surface area contributed by atoms with Crippen LogP contribution in [0, 0.1) is 0 Å². The summed E-state index contributed by atoms with van der Waals surface area (Å²) in [6, 6.07) is 4.21. The molecule has 0 saturated carbocycles. The van der Waals surface area contributed by atoms with Crippen molar-refractivity contribution >= 4 is 27.5 Å². The molecule has 0 aliphatic rings. The van der Waals surface area contributed by atoms with Crippen LogP contribution >= 0.6 is 11.3 Å². The summed E-state index contributed by atoms with van der Waals surface area (Å²) in [4.78, 5) is 8.50. The zero-order valence-electron chi connectivity index (χ0n) is 7.90. The molecule has 2 aromatic rings. The average molecular weight is 208 g/mol. The van der Waals surface area contributed by atoms with Crippen LogP contribution in [0.5, 0.6) is 0 Å². The van der Waals surface area contributed by atoms with E-state index in [2.05, 4.69) is 15.3 Å². The molecule has 5 heteroatoms. The molecular formula is C9H12N4S. The van der Waals surface area contributed by atoms with Crippen molar-refractivity contribution in [1.82, 2.24) is 9.97 Å². The molecule has 0 spiro atoms. The number of anilines is 1. The van der Waals surface area contributed by atoms with Crippen molar-refractivity contribution in [3.05, 3.63) is 17.6 Å². The van der Waals surface area contributed by atoms with Gasteiger partial charge in [-0.3, -0.25) is 0 Å². The first-order valence-electron chi connectivity index (χ1n) is 4.46. The van der Waals surface area contributed by atoms with Gasteiger partial charge in [0.05, 0.1) is 10.2 Å². The predicted octanol–water partition coefficient (Wildman–Crippen LogP) is 1.45. The Morgan fingerprint density at radius 3 is 3.21 bits per heavy atom. The third kappa shape index (κ3) is 1.83. The molecular weight excluding hydrogens is 196 g/mol. The maximum absolute atomic E-state index is 5.51. The third-order valence-electron chi connectivity index (χ3n) is 1.94. The number of aromatic nitrogens is 2. The first-order valence-corrected chi connectivity index (χ1v) is 5.34. The summed E-state index contributed by atoms with van der Waals surface area (Å²) in [6.45, 7) is 2.61. The molecule has 0 radical (unpaired) electrons. The Morgan fingerprint density at radius 2 is 2.43 bits per heavy atom. The van der Waals surface area contributed by atoms with E-state index in [1.165, 1.54) is 0 Å². The second-order valence-corrected chi connectivity index (χ2v) is 4.04. The van der Waals surface area contributed by atoms with Gasteiger partial charge in [-0.05, 0) is 19.1 Å². The van der Waals surface area contributed by atoms with Gasteiger partial charge in [0.1, 0.15) is 5.82 Å². The van der Waals surface area contributed by atoms with Gasteiger partial charge in [0.15, 0.2) is 5.65 Å². The summed E-state index contributed by atoms with van der Waals surface area (Å²) in [6.07, 6.45) is 0. The highest BCUT2D eigenvalue weighted by molar-refractivity contribution is 7.16. The second-order valence-electron chi connectivity index (χ2n) is 3.15. The van der Waals surface area contributed by atoms with Crippen LogP contribution in [0.25, 0.3) is 10.3 Å². The fourth-order valence-electron chi connectivity index (χ4n) is 1.14. The third-order valence-corrected chi connectivity index (χ3v) is 2.73. The summed E-state index contributed by atoms with van der Waals surface area (Å²) in [5.74, 6) is 0.835. The van der Waals surface area contributed by atoms with Crippen molar-refractivity contribution in [2.75, 3.05) is 11.9 Å². The maximum atomic E-state index is 5.51. The van der Waals surface area contributed by atoms with Gasteiger partial charge in [-0.15, -0.1) is 11.3 Å². The Balaban J connectivity index is 2.25. The van der Waals surface area contributed by atoms with Crippen LogP contribution in [-0.2, 0) is 0 Å². The minimum atomic E-state index is 0.235. The smallest absolute Gasteiger partial charge is 0.172 e. The number of thiazole rings is 1. The lowest BCUT2D eigenvalue weighted by molar-refractivity contribution is 0.799. The van der Waals surface area contributed by atoms with Gasteiger partial charge in [-0.1, -0.05) is 0 Å². The van der Waals surface area contributed by atoms with E-state index in [1.54, 1.807) is 16.8 Å². The number of hydrogen-bond acceptors (Lipinski definition) is 5. The summed E-state index contributed by atoms with van der Waals surface area (Å²) in [5.41, 5.74) is 8.10. The van der Waals surface area contributed by atoms with E-state index in [4.69, 9.17) is 5.73 Å². The van der Waals surface area contributed by atoms with Crippen LogP contribution in [0.2, 0.25) is 0 Å². The molecule has 74 valence electrons. The van der Waals surface area contributed by atoms with E-state index < -0.39 is 0 Å². The van der Waals surface area contributed by atoms with Crippen molar-refractivity contribution in [2.45, 2.75) is 13.0 Å². The van der Waals surface area contributed by atoms with Crippen molar-refractivity contribution in [2.24, 2.45) is 5.73 Å². The zero-order valence-corrected chi connectivity index (χ0v) is 8.71. The first kappa shape index (κ1) is 9.36. The van der Waals surface area contributed by atoms with Crippen LogP contribution in [0.3, 0.4) is 0 Å². The summed E-state index contributed by atoms with van der Waals surface area (Å²) in [7, 11) is 0. The molecule has 1 atom stereocenters. The van der Waals surface area contributed by atoms with Crippen molar-refractivity contribution in [1.29, 1.82) is 0 Å². The predicted molar refractivity (Wildman–Crippen MR) is 59.6 cm³/mol. The molecule has 0 saturated heterocycles. The molecule has 14 heavy (non-hydrogen) atoms. The largest absolute Gasteiger partial charge is 0.366 e. The highest BCUT2D eigenvalue weighted by Crippen LogP contribution is 2.17. The Hall–Kier alpha value is -1.20. The molecule has 0 amide bonds. The number of nitrogens with one attached hydrogen (secondary N) is 1. The van der Waals surface area contributed by atoms with E-state index in [0.717, 1.165) is 16.2 Å². The molecule has 3 N–H and O–H groups in total. The molecule has 0 aromatic carbocycles. The van der Waals surface area contributed by atoms with E-state index in [0.29, 0.717) is 6.54 Å². The fraction of sp³-hybridized carbons (Fsp3) is 0.333. The van der Waals surface area contributed by atoms with E-state index in [9.17, 15) is 0 Å². The lowest BCUT2D eigenvalue weighted by Crippen LogP contribution is -2.25. The number of nitrogens with zero attached hydrogens (tertiary/aromatic N) is 2. The van der Waals surface area contributed by atoms with E-state index >= 15 is 0 Å². The van der Waals surface area contributed by atoms with Crippen LogP contribution in [0.4, 0.5) is 5.82 Å². The van der Waals surface area contributed by atoms with Crippen LogP contribution < -0.4 is 11.1 Å². The Bertz CT molecular complexity index is 425. The molecule has 0 aliphatic heterocycles. The SMILES string of the molecule is CC(CN)Nc1ccc2scnc2n1. The van der Waals surface area contributed by atoms with Crippen LogP contribution in [-0.4, -0.2) is 22.6 Å². The molecule has 1 unspecified atom stereocenters. The Morgan fingerprint density at radius 1 is 1.57 bits per heavy atom. The lowest BCUT2D eigenvalue weighted by Gasteiger charge is -2.11. The fourth-order valence-corrected chi connectivity index (χ4v) is 1.76. The van der Waals surface area contributed by atoms with Gasteiger partial charge in [0.2, 0.25) is 0 Å². The molecule has 0 aliphatic carbocycles. The molecule has 2 rings (SSSR count). The van der Waals surface area contributed by atoms with E-state index in [1.807, 2.05) is 19.1 Å². The van der Waals surface area contributed by atoms with Crippen molar-refractivity contribution in [3.63, 3.8) is 0 Å². The molecule has 0 fully saturated rings. The minimum absolute atomic E-state index is 0.235. The quantitative estimate of drug-likeness (QED) is 0.801. The molecule has 0 bridgehead atoms. The molecule has 4 nitrogen and oxygen atoms in total. The van der Waals surface area contributed by atoms with E-state index in [-0.39, 0.29) is 6.04 Å². The summed E-state index contributed by atoms with van der Waals surface area (Å²) < 4.78 is 1.11. The van der Waals surface area contributed by atoms with Gasteiger partial charge in [-0.2, -0.15) is 0 Å². The average Bonchev–Trinajstić information content (AvgIpc) is 2.64. The monoisotopic (exact) mass is 208 g/mol. The van der Waals surface area contributed by atoms with Crippen LogP contribution in [0.1, 0.15) is 6.92 Å².